The van der Waals surface area contributed by atoms with Gasteiger partial charge in [0.2, 0.25) is 11.6 Å². The summed E-state index contributed by atoms with van der Waals surface area (Å²) in [4.78, 5) is 0. The lowest BCUT2D eigenvalue weighted by molar-refractivity contribution is 0.399. The van der Waals surface area contributed by atoms with Crippen LogP contribution in [-0.4, -0.2) is 17.3 Å². The summed E-state index contributed by atoms with van der Waals surface area (Å²) in [6, 6.07) is 9.55. The average Bonchev–Trinajstić information content (AvgIpc) is 2.88. The van der Waals surface area contributed by atoms with E-state index in [0.717, 1.165) is 22.6 Å². The van der Waals surface area contributed by atoms with Crippen LogP contribution in [0.2, 0.25) is 0 Å². The number of hydrogen-bond donors (Lipinski definition) is 2. The first-order chi connectivity index (χ1) is 10.2. The summed E-state index contributed by atoms with van der Waals surface area (Å²) < 4.78 is 10.6. The van der Waals surface area contributed by atoms with Crippen molar-refractivity contribution < 1.29 is 9.47 Å². The van der Waals surface area contributed by atoms with E-state index in [2.05, 4.69) is 10.2 Å². The quantitative estimate of drug-likeness (QED) is 0.877. The van der Waals surface area contributed by atoms with Crippen LogP contribution in [0.3, 0.4) is 0 Å². The van der Waals surface area contributed by atoms with Gasteiger partial charge in [-0.1, -0.05) is 12.1 Å². The Balaban J connectivity index is 2.16. The number of nitriles is 1. The number of H-pyrrole nitrogens is 1. The van der Waals surface area contributed by atoms with Gasteiger partial charge in [-0.05, 0) is 24.6 Å². The fourth-order valence-corrected chi connectivity index (χ4v) is 2.51. The fourth-order valence-electron chi connectivity index (χ4n) is 2.51. The molecule has 3 rings (SSSR count). The van der Waals surface area contributed by atoms with Crippen LogP contribution in [0.5, 0.6) is 11.6 Å². The Morgan fingerprint density at radius 1 is 1.38 bits per heavy atom. The van der Waals surface area contributed by atoms with Crippen molar-refractivity contribution in [1.29, 1.82) is 5.26 Å². The van der Waals surface area contributed by atoms with Gasteiger partial charge in [0.15, 0.2) is 0 Å². The van der Waals surface area contributed by atoms with Crippen molar-refractivity contribution in [3.63, 3.8) is 0 Å². The Morgan fingerprint density at radius 3 is 2.71 bits per heavy atom. The van der Waals surface area contributed by atoms with Crippen LogP contribution in [0, 0.1) is 18.3 Å². The molecule has 1 aliphatic rings. The minimum atomic E-state index is -0.256. The van der Waals surface area contributed by atoms with E-state index in [0.29, 0.717) is 11.6 Å². The van der Waals surface area contributed by atoms with E-state index in [1.54, 1.807) is 7.11 Å². The van der Waals surface area contributed by atoms with E-state index >= 15 is 0 Å². The molecule has 0 unspecified atom stereocenters. The number of aryl methyl sites for hydroxylation is 1. The molecular weight excluding hydrogens is 268 g/mol. The molecule has 0 bridgehead atoms. The molecule has 6 nitrogen and oxygen atoms in total. The number of benzene rings is 1. The molecular formula is C15H14N4O2. The van der Waals surface area contributed by atoms with E-state index in [-0.39, 0.29) is 11.7 Å². The highest BCUT2D eigenvalue weighted by Gasteiger charge is 2.33. The largest absolute Gasteiger partial charge is 0.497 e. The Bertz CT molecular complexity index is 753. The number of nitrogens with zero attached hydrogens (tertiary/aromatic N) is 2. The summed E-state index contributed by atoms with van der Waals surface area (Å²) in [5, 5.41) is 16.1. The second kappa shape index (κ2) is 4.87. The maximum atomic E-state index is 9.17. The summed E-state index contributed by atoms with van der Waals surface area (Å²) in [7, 11) is 1.61. The Kier molecular flexibility index (Phi) is 3.03. The topological polar surface area (TPSA) is 96.9 Å². The predicted molar refractivity (Wildman–Crippen MR) is 75.6 cm³/mol. The lowest BCUT2D eigenvalue weighted by Gasteiger charge is -2.24. The summed E-state index contributed by atoms with van der Waals surface area (Å²) in [5.74, 6) is 1.000. The molecule has 21 heavy (non-hydrogen) atoms. The monoisotopic (exact) mass is 282 g/mol. The van der Waals surface area contributed by atoms with Crippen LogP contribution >= 0.6 is 0 Å². The SMILES string of the molecule is COc1ccc([C@H]2C(N)=C(C#N)Oc3n[nH]c(C)c32)cc1. The van der Waals surface area contributed by atoms with Gasteiger partial charge in [0.25, 0.3) is 0 Å². The second-order valence-electron chi connectivity index (χ2n) is 4.77. The van der Waals surface area contributed by atoms with Gasteiger partial charge in [-0.15, -0.1) is 5.10 Å². The lowest BCUT2D eigenvalue weighted by Crippen LogP contribution is -2.21. The van der Waals surface area contributed by atoms with E-state index in [1.807, 2.05) is 37.3 Å². The molecule has 1 aromatic carbocycles. The highest BCUT2D eigenvalue weighted by atomic mass is 16.5. The molecule has 0 saturated carbocycles. The first-order valence-corrected chi connectivity index (χ1v) is 6.42. The number of fused-ring (bicyclic) bond motifs is 1. The van der Waals surface area contributed by atoms with E-state index in [1.165, 1.54) is 0 Å². The zero-order valence-electron chi connectivity index (χ0n) is 11.7. The number of nitrogens with two attached hydrogens (primary N) is 1. The zero-order valence-corrected chi connectivity index (χ0v) is 11.7. The van der Waals surface area contributed by atoms with Crippen molar-refractivity contribution in [3.05, 3.63) is 52.5 Å². The third-order valence-corrected chi connectivity index (χ3v) is 3.57. The van der Waals surface area contributed by atoms with E-state index < -0.39 is 0 Å². The van der Waals surface area contributed by atoms with Gasteiger partial charge in [-0.25, -0.2) is 0 Å². The normalized spacial score (nSPS) is 16.9. The first kappa shape index (κ1) is 13.1. The first-order valence-electron chi connectivity index (χ1n) is 6.42. The molecule has 1 aromatic heterocycles. The molecule has 0 radical (unpaired) electrons. The minimum absolute atomic E-state index is 0.0924. The third-order valence-electron chi connectivity index (χ3n) is 3.57. The lowest BCUT2D eigenvalue weighted by atomic mass is 9.87. The molecule has 0 aliphatic carbocycles. The summed E-state index contributed by atoms with van der Waals surface area (Å²) in [5.41, 5.74) is 9.21. The number of rotatable bonds is 2. The molecule has 0 fully saturated rings. The molecule has 1 atom stereocenters. The zero-order chi connectivity index (χ0) is 15.0. The molecule has 6 heteroatoms. The maximum Gasteiger partial charge on any atom is 0.243 e. The highest BCUT2D eigenvalue weighted by molar-refractivity contribution is 5.53. The van der Waals surface area contributed by atoms with Crippen molar-refractivity contribution in [1.82, 2.24) is 10.2 Å². The molecule has 2 aromatic rings. The summed E-state index contributed by atoms with van der Waals surface area (Å²) in [6.45, 7) is 1.90. The molecule has 1 aliphatic heterocycles. The molecule has 0 amide bonds. The molecule has 3 N–H and O–H groups in total. The van der Waals surface area contributed by atoms with Crippen LogP contribution in [0.4, 0.5) is 0 Å². The highest BCUT2D eigenvalue weighted by Crippen LogP contribution is 2.41. The number of aromatic nitrogens is 2. The molecule has 0 spiro atoms. The van der Waals surface area contributed by atoms with Gasteiger partial charge < -0.3 is 15.2 Å². The minimum Gasteiger partial charge on any atom is -0.497 e. The van der Waals surface area contributed by atoms with Crippen molar-refractivity contribution in [2.24, 2.45) is 5.73 Å². The average molecular weight is 282 g/mol. The number of aromatic amines is 1. The van der Waals surface area contributed by atoms with Crippen molar-refractivity contribution in [2.75, 3.05) is 7.11 Å². The van der Waals surface area contributed by atoms with Gasteiger partial charge in [0.1, 0.15) is 11.8 Å². The standard InChI is InChI=1S/C15H14N4O2/c1-8-12-13(9-3-5-10(20-2)6-4-9)14(17)11(7-16)21-15(12)19-18-8/h3-6,13H,17H2,1-2H3,(H,18,19)/t13-/m1/s1. The molecule has 2 heterocycles. The fraction of sp³-hybridized carbons (Fsp3) is 0.200. The Morgan fingerprint density at radius 2 is 2.10 bits per heavy atom. The third kappa shape index (κ3) is 1.99. The van der Waals surface area contributed by atoms with Crippen LogP contribution in [0.25, 0.3) is 0 Å². The van der Waals surface area contributed by atoms with Crippen molar-refractivity contribution >= 4 is 0 Å². The number of ether oxygens (including phenoxy) is 2. The summed E-state index contributed by atoms with van der Waals surface area (Å²) >= 11 is 0. The maximum absolute atomic E-state index is 9.17. The van der Waals surface area contributed by atoms with Crippen molar-refractivity contribution in [3.8, 4) is 17.7 Å². The van der Waals surface area contributed by atoms with Gasteiger partial charge in [0.05, 0.1) is 24.3 Å². The number of allylic oxidation sites excluding steroid dienone is 2. The number of hydrogen-bond acceptors (Lipinski definition) is 5. The van der Waals surface area contributed by atoms with E-state index in [4.69, 9.17) is 20.5 Å². The van der Waals surface area contributed by atoms with Gasteiger partial charge in [0, 0.05) is 5.69 Å². The smallest absolute Gasteiger partial charge is 0.243 e. The number of methoxy groups -OCH3 is 1. The van der Waals surface area contributed by atoms with Crippen LogP contribution in [-0.2, 0) is 0 Å². The second-order valence-corrected chi connectivity index (χ2v) is 4.77. The molecule has 106 valence electrons. The number of nitrogens with one attached hydrogen (secondary N) is 1. The van der Waals surface area contributed by atoms with Crippen molar-refractivity contribution in [2.45, 2.75) is 12.8 Å². The van der Waals surface area contributed by atoms with Crippen LogP contribution < -0.4 is 15.2 Å². The Hall–Kier alpha value is -2.94. The van der Waals surface area contributed by atoms with Gasteiger partial charge >= 0.3 is 0 Å². The predicted octanol–water partition coefficient (Wildman–Crippen LogP) is 1.94. The van der Waals surface area contributed by atoms with Gasteiger partial charge in [-0.2, -0.15) is 5.26 Å². The van der Waals surface area contributed by atoms with Gasteiger partial charge in [-0.3, -0.25) is 5.10 Å². The summed E-state index contributed by atoms with van der Waals surface area (Å²) in [6.07, 6.45) is 0. The van der Waals surface area contributed by atoms with Crippen LogP contribution in [0.15, 0.2) is 35.7 Å². The van der Waals surface area contributed by atoms with E-state index in [9.17, 15) is 0 Å². The molecule has 0 saturated heterocycles. The Labute approximate surface area is 121 Å². The van der Waals surface area contributed by atoms with Crippen LogP contribution in [0.1, 0.15) is 22.7 Å².